The molecule has 3 heteroatoms. The van der Waals surface area contributed by atoms with Crippen molar-refractivity contribution in [2.75, 3.05) is 0 Å². The van der Waals surface area contributed by atoms with Gasteiger partial charge in [-0.1, -0.05) is 51.4 Å². The molecule has 4 saturated carbocycles. The van der Waals surface area contributed by atoms with Crippen molar-refractivity contribution in [2.24, 2.45) is 23.7 Å². The summed E-state index contributed by atoms with van der Waals surface area (Å²) in [6.07, 6.45) is 20.7. The molecule has 0 amide bonds. The second kappa shape index (κ2) is 10.1. The molecule has 0 radical (unpaired) electrons. The highest BCUT2D eigenvalue weighted by molar-refractivity contribution is 7.26. The van der Waals surface area contributed by atoms with Crippen LogP contribution in [0.3, 0.4) is 0 Å². The van der Waals surface area contributed by atoms with E-state index in [4.69, 9.17) is 0 Å². The molecule has 4 aliphatic carbocycles. The molecule has 4 aliphatic rings. The van der Waals surface area contributed by atoms with Crippen molar-refractivity contribution in [1.82, 2.24) is 0 Å². The Morgan fingerprint density at radius 3 is 1.29 bits per heavy atom. The summed E-state index contributed by atoms with van der Waals surface area (Å²) >= 11 is 6.20. The van der Waals surface area contributed by atoms with Crippen molar-refractivity contribution in [3.63, 3.8) is 0 Å². The summed E-state index contributed by atoms with van der Waals surface area (Å²) in [4.78, 5) is 9.26. The Bertz CT molecular complexity index is 1040. The van der Waals surface area contributed by atoms with Gasteiger partial charge in [0.1, 0.15) is 0 Å². The molecular weight excluding hydrogens is 481 g/mol. The standard InChI is InChI=1S/C32H40S3/c1-3-7-23-19-25(11-9-21(23)5-1)27-13-15-29(33-27)31-17-18-32(35-31)30-16-14-28(34-30)26-12-10-22-6-2-4-8-24(22)20-26/h13-18,21-26H,1-12,19-20H2. The number of hydrogen-bond acceptors (Lipinski definition) is 3. The van der Waals surface area contributed by atoms with E-state index in [9.17, 15) is 0 Å². The predicted octanol–water partition coefficient (Wildman–Crippen LogP) is 11.4. The molecule has 186 valence electrons. The minimum Gasteiger partial charge on any atom is -0.139 e. The average Bonchev–Trinajstić information content (AvgIpc) is 3.68. The van der Waals surface area contributed by atoms with E-state index >= 15 is 0 Å². The van der Waals surface area contributed by atoms with E-state index in [1.807, 2.05) is 11.3 Å². The van der Waals surface area contributed by atoms with Gasteiger partial charge in [0.15, 0.2) is 0 Å². The Hall–Kier alpha value is -0.900. The lowest BCUT2D eigenvalue weighted by molar-refractivity contribution is 0.156. The maximum Gasteiger partial charge on any atom is 0.0449 e. The Kier molecular flexibility index (Phi) is 6.71. The zero-order chi connectivity index (χ0) is 23.2. The van der Waals surface area contributed by atoms with Crippen molar-refractivity contribution >= 4 is 34.0 Å². The highest BCUT2D eigenvalue weighted by Crippen LogP contribution is 2.50. The van der Waals surface area contributed by atoms with Gasteiger partial charge in [0.25, 0.3) is 0 Å². The zero-order valence-electron chi connectivity index (χ0n) is 21.1. The first kappa shape index (κ1) is 23.2. The Morgan fingerprint density at radius 2 is 0.800 bits per heavy atom. The molecule has 0 bridgehead atoms. The van der Waals surface area contributed by atoms with E-state index in [1.54, 1.807) is 9.75 Å². The summed E-state index contributed by atoms with van der Waals surface area (Å²) in [6, 6.07) is 14.6. The van der Waals surface area contributed by atoms with Gasteiger partial charge in [-0.2, -0.15) is 0 Å². The predicted molar refractivity (Wildman–Crippen MR) is 155 cm³/mol. The van der Waals surface area contributed by atoms with Gasteiger partial charge >= 0.3 is 0 Å². The van der Waals surface area contributed by atoms with Crippen molar-refractivity contribution < 1.29 is 0 Å². The maximum absolute atomic E-state index is 2.47. The van der Waals surface area contributed by atoms with Crippen LogP contribution in [0.25, 0.3) is 19.5 Å². The molecule has 0 spiro atoms. The van der Waals surface area contributed by atoms with Crippen LogP contribution in [-0.4, -0.2) is 0 Å². The molecule has 3 aromatic heterocycles. The van der Waals surface area contributed by atoms with E-state index in [1.165, 1.54) is 109 Å². The third kappa shape index (κ3) is 4.75. The van der Waals surface area contributed by atoms with Gasteiger partial charge in [-0.15, -0.1) is 34.0 Å². The van der Waals surface area contributed by atoms with E-state index in [0.717, 1.165) is 35.5 Å². The monoisotopic (exact) mass is 520 g/mol. The number of fused-ring (bicyclic) bond motifs is 2. The van der Waals surface area contributed by atoms with Crippen molar-refractivity contribution in [1.29, 1.82) is 0 Å². The van der Waals surface area contributed by atoms with E-state index < -0.39 is 0 Å². The number of hydrogen-bond donors (Lipinski definition) is 0. The highest BCUT2D eigenvalue weighted by atomic mass is 32.1. The third-order valence-electron chi connectivity index (χ3n) is 10.2. The molecule has 4 fully saturated rings. The lowest BCUT2D eigenvalue weighted by atomic mass is 9.67. The highest BCUT2D eigenvalue weighted by Gasteiger charge is 2.34. The van der Waals surface area contributed by atoms with E-state index in [-0.39, 0.29) is 0 Å². The molecule has 0 saturated heterocycles. The fraction of sp³-hybridized carbons (Fsp3) is 0.625. The average molecular weight is 521 g/mol. The molecule has 6 unspecified atom stereocenters. The largest absolute Gasteiger partial charge is 0.139 e. The van der Waals surface area contributed by atoms with Crippen LogP contribution >= 0.6 is 34.0 Å². The quantitative estimate of drug-likeness (QED) is 0.321. The molecule has 3 aromatic rings. The molecule has 3 heterocycles. The summed E-state index contributed by atoms with van der Waals surface area (Å²) in [6.45, 7) is 0. The minimum absolute atomic E-state index is 0.826. The second-order valence-corrected chi connectivity index (χ2v) is 15.5. The van der Waals surface area contributed by atoms with Crippen molar-refractivity contribution in [3.05, 3.63) is 46.2 Å². The van der Waals surface area contributed by atoms with Gasteiger partial charge in [0, 0.05) is 29.3 Å². The summed E-state index contributed by atoms with van der Waals surface area (Å²) in [7, 11) is 0. The molecule has 6 atom stereocenters. The first-order chi connectivity index (χ1) is 17.3. The van der Waals surface area contributed by atoms with Gasteiger partial charge < -0.3 is 0 Å². The first-order valence-corrected chi connectivity index (χ1v) is 17.0. The Balaban J connectivity index is 1.03. The molecule has 0 aliphatic heterocycles. The van der Waals surface area contributed by atoms with E-state index in [0.29, 0.717) is 0 Å². The lowest BCUT2D eigenvalue weighted by Crippen LogP contribution is -2.26. The topological polar surface area (TPSA) is 0 Å². The SMILES string of the molecule is c1cc(-c2ccc(C3CCC4CCCCC4C3)s2)sc1-c1ccc(C2CCC3CCCCC3C2)s1. The van der Waals surface area contributed by atoms with Crippen LogP contribution in [0.15, 0.2) is 36.4 Å². The van der Waals surface area contributed by atoms with Crippen LogP contribution < -0.4 is 0 Å². The number of thiophene rings is 3. The van der Waals surface area contributed by atoms with Gasteiger partial charge in [0.2, 0.25) is 0 Å². The minimum atomic E-state index is 0.826. The van der Waals surface area contributed by atoms with Gasteiger partial charge in [-0.25, -0.2) is 0 Å². The van der Waals surface area contributed by atoms with Crippen LogP contribution in [0.5, 0.6) is 0 Å². The van der Waals surface area contributed by atoms with Crippen LogP contribution in [0.2, 0.25) is 0 Å². The third-order valence-corrected chi connectivity index (χ3v) is 14.2. The zero-order valence-corrected chi connectivity index (χ0v) is 23.5. The second-order valence-electron chi connectivity index (χ2n) is 12.2. The van der Waals surface area contributed by atoms with Crippen LogP contribution in [0.1, 0.15) is 111 Å². The molecule has 7 rings (SSSR count). The maximum atomic E-state index is 2.47. The summed E-state index contributed by atoms with van der Waals surface area (Å²) in [5.41, 5.74) is 0. The fourth-order valence-corrected chi connectivity index (χ4v) is 11.8. The Morgan fingerprint density at radius 1 is 0.400 bits per heavy atom. The lowest BCUT2D eigenvalue weighted by Gasteiger charge is -2.39. The van der Waals surface area contributed by atoms with Crippen molar-refractivity contribution in [3.8, 4) is 19.5 Å². The van der Waals surface area contributed by atoms with Crippen LogP contribution in [0, 0.1) is 23.7 Å². The van der Waals surface area contributed by atoms with Crippen LogP contribution in [-0.2, 0) is 0 Å². The summed E-state index contributed by atoms with van der Waals surface area (Å²) < 4.78 is 0. The van der Waals surface area contributed by atoms with Crippen LogP contribution in [0.4, 0.5) is 0 Å². The number of rotatable bonds is 4. The van der Waals surface area contributed by atoms with Crippen molar-refractivity contribution in [2.45, 2.75) is 102 Å². The fourth-order valence-electron chi connectivity index (χ4n) is 8.28. The van der Waals surface area contributed by atoms with Gasteiger partial charge in [0.05, 0.1) is 0 Å². The first-order valence-electron chi connectivity index (χ1n) is 14.6. The van der Waals surface area contributed by atoms with Gasteiger partial charge in [-0.3, -0.25) is 0 Å². The summed E-state index contributed by atoms with van der Waals surface area (Å²) in [5.74, 6) is 5.78. The Labute approximate surface area is 224 Å². The molecule has 35 heavy (non-hydrogen) atoms. The molecule has 0 N–H and O–H groups in total. The molecular formula is C32H40S3. The van der Waals surface area contributed by atoms with Gasteiger partial charge in [-0.05, 0) is 110 Å². The summed E-state index contributed by atoms with van der Waals surface area (Å²) in [5, 5.41) is 0. The molecule has 0 aromatic carbocycles. The molecule has 0 nitrogen and oxygen atoms in total. The van der Waals surface area contributed by atoms with E-state index in [2.05, 4.69) is 59.1 Å². The smallest absolute Gasteiger partial charge is 0.0449 e. The normalized spacial score (nSPS) is 33.3.